The van der Waals surface area contributed by atoms with E-state index in [9.17, 15) is 0 Å². The first kappa shape index (κ1) is 12.9. The molecule has 106 valence electrons. The van der Waals surface area contributed by atoms with E-state index >= 15 is 0 Å². The molecule has 6 nitrogen and oxygen atoms in total. The second kappa shape index (κ2) is 5.92. The molecule has 1 saturated heterocycles. The van der Waals surface area contributed by atoms with Crippen LogP contribution in [0.4, 0.5) is 5.69 Å². The van der Waals surface area contributed by atoms with Gasteiger partial charge < -0.3 is 19.5 Å². The lowest BCUT2D eigenvalue weighted by atomic mass is 10.2. The number of piperazine rings is 1. The van der Waals surface area contributed by atoms with E-state index in [4.69, 9.17) is 9.26 Å². The number of nitrogens with zero attached hydrogens (tertiary/aromatic N) is 3. The van der Waals surface area contributed by atoms with Gasteiger partial charge in [-0.1, -0.05) is 5.16 Å². The minimum atomic E-state index is 0.299. The molecule has 2 heterocycles. The largest absolute Gasteiger partial charge is 0.484 e. The molecule has 0 unspecified atom stereocenters. The summed E-state index contributed by atoms with van der Waals surface area (Å²) >= 11 is 0. The Morgan fingerprint density at radius 2 is 2.00 bits per heavy atom. The zero-order valence-electron chi connectivity index (χ0n) is 11.5. The van der Waals surface area contributed by atoms with Crippen LogP contribution in [-0.4, -0.2) is 36.3 Å². The maximum Gasteiger partial charge on any atom is 0.264 e. The van der Waals surface area contributed by atoms with Crippen molar-refractivity contribution in [3.8, 4) is 5.75 Å². The Morgan fingerprint density at radius 3 is 2.65 bits per heavy atom. The van der Waals surface area contributed by atoms with Crippen LogP contribution in [0.25, 0.3) is 0 Å². The zero-order valence-corrected chi connectivity index (χ0v) is 11.5. The summed E-state index contributed by atoms with van der Waals surface area (Å²) in [5.74, 6) is 1.92. The van der Waals surface area contributed by atoms with Crippen LogP contribution in [0.3, 0.4) is 0 Å². The highest BCUT2D eigenvalue weighted by molar-refractivity contribution is 5.49. The molecule has 1 aliphatic heterocycles. The van der Waals surface area contributed by atoms with E-state index in [0.29, 0.717) is 18.3 Å². The highest BCUT2D eigenvalue weighted by Crippen LogP contribution is 2.20. The van der Waals surface area contributed by atoms with Gasteiger partial charge in [0.2, 0.25) is 0 Å². The van der Waals surface area contributed by atoms with Gasteiger partial charge in [0.05, 0.1) is 0 Å². The smallest absolute Gasteiger partial charge is 0.264 e. The van der Waals surface area contributed by atoms with Crippen LogP contribution in [0.1, 0.15) is 11.7 Å². The zero-order chi connectivity index (χ0) is 13.8. The minimum Gasteiger partial charge on any atom is -0.484 e. The lowest BCUT2D eigenvalue weighted by molar-refractivity contribution is 0.242. The molecule has 0 radical (unpaired) electrons. The second-order valence-electron chi connectivity index (χ2n) is 4.75. The molecule has 2 aromatic rings. The van der Waals surface area contributed by atoms with Crippen LogP contribution >= 0.6 is 0 Å². The van der Waals surface area contributed by atoms with Crippen molar-refractivity contribution in [1.29, 1.82) is 0 Å². The first-order valence-electron chi connectivity index (χ1n) is 6.79. The normalized spacial score (nSPS) is 15.3. The van der Waals surface area contributed by atoms with Crippen molar-refractivity contribution in [2.24, 2.45) is 0 Å². The van der Waals surface area contributed by atoms with Gasteiger partial charge in [0.25, 0.3) is 5.89 Å². The van der Waals surface area contributed by atoms with Crippen LogP contribution in [0.2, 0.25) is 0 Å². The van der Waals surface area contributed by atoms with E-state index in [1.165, 1.54) is 5.69 Å². The molecule has 3 rings (SSSR count). The fraction of sp³-hybridized carbons (Fsp3) is 0.429. The third kappa shape index (κ3) is 3.08. The Morgan fingerprint density at radius 1 is 1.25 bits per heavy atom. The summed E-state index contributed by atoms with van der Waals surface area (Å²) in [6.07, 6.45) is 0. The van der Waals surface area contributed by atoms with Gasteiger partial charge in [-0.15, -0.1) is 0 Å². The third-order valence-corrected chi connectivity index (χ3v) is 3.25. The molecule has 1 aromatic carbocycles. The van der Waals surface area contributed by atoms with Crippen molar-refractivity contribution in [3.05, 3.63) is 36.0 Å². The summed E-state index contributed by atoms with van der Waals surface area (Å²) in [7, 11) is 0. The van der Waals surface area contributed by atoms with Gasteiger partial charge in [-0.05, 0) is 31.2 Å². The summed E-state index contributed by atoms with van der Waals surface area (Å²) in [5.41, 5.74) is 1.23. The Labute approximate surface area is 117 Å². The van der Waals surface area contributed by atoms with E-state index in [-0.39, 0.29) is 0 Å². The maximum absolute atomic E-state index is 5.62. The van der Waals surface area contributed by atoms with Crippen LogP contribution in [0, 0.1) is 6.92 Å². The highest BCUT2D eigenvalue weighted by Gasteiger charge is 2.10. The van der Waals surface area contributed by atoms with Crippen molar-refractivity contribution >= 4 is 5.69 Å². The predicted octanol–water partition coefficient (Wildman–Crippen LogP) is 1.37. The minimum absolute atomic E-state index is 0.299. The SMILES string of the molecule is Cc1noc(COc2ccc(N3CCNCC3)cc2)n1. The summed E-state index contributed by atoms with van der Waals surface area (Å²) in [4.78, 5) is 6.46. The predicted molar refractivity (Wildman–Crippen MR) is 74.9 cm³/mol. The second-order valence-corrected chi connectivity index (χ2v) is 4.75. The molecule has 0 spiro atoms. The van der Waals surface area contributed by atoms with Crippen molar-refractivity contribution < 1.29 is 9.26 Å². The lowest BCUT2D eigenvalue weighted by Gasteiger charge is -2.29. The maximum atomic E-state index is 5.62. The Bertz CT molecular complexity index is 547. The molecule has 0 atom stereocenters. The highest BCUT2D eigenvalue weighted by atomic mass is 16.5. The molecule has 0 saturated carbocycles. The van der Waals surface area contributed by atoms with Gasteiger partial charge in [-0.3, -0.25) is 0 Å². The number of hydrogen-bond acceptors (Lipinski definition) is 6. The first-order chi connectivity index (χ1) is 9.81. The molecule has 1 aromatic heterocycles. The number of hydrogen-bond donors (Lipinski definition) is 1. The van der Waals surface area contributed by atoms with E-state index in [2.05, 4.69) is 32.5 Å². The summed E-state index contributed by atoms with van der Waals surface area (Å²) < 4.78 is 10.6. The van der Waals surface area contributed by atoms with Crippen LogP contribution in [0.5, 0.6) is 5.75 Å². The van der Waals surface area contributed by atoms with E-state index in [1.54, 1.807) is 6.92 Å². The van der Waals surface area contributed by atoms with E-state index < -0.39 is 0 Å². The topological polar surface area (TPSA) is 63.4 Å². The average Bonchev–Trinajstić information content (AvgIpc) is 2.92. The molecule has 20 heavy (non-hydrogen) atoms. The lowest BCUT2D eigenvalue weighted by Crippen LogP contribution is -2.43. The summed E-state index contributed by atoms with van der Waals surface area (Å²) in [6.45, 7) is 6.25. The number of ether oxygens (including phenoxy) is 1. The van der Waals surface area contributed by atoms with Crippen LogP contribution in [-0.2, 0) is 6.61 Å². The molecule has 1 N–H and O–H groups in total. The van der Waals surface area contributed by atoms with Gasteiger partial charge in [0.1, 0.15) is 5.75 Å². The molecular formula is C14H18N4O2. The Balaban J connectivity index is 1.58. The van der Waals surface area contributed by atoms with E-state index in [1.807, 2.05) is 12.1 Å². The van der Waals surface area contributed by atoms with Gasteiger partial charge in [0.15, 0.2) is 12.4 Å². The van der Waals surface area contributed by atoms with E-state index in [0.717, 1.165) is 31.9 Å². The molecule has 6 heteroatoms. The van der Waals surface area contributed by atoms with Crippen molar-refractivity contribution in [2.75, 3.05) is 31.1 Å². The van der Waals surface area contributed by atoms with Gasteiger partial charge >= 0.3 is 0 Å². The Kier molecular flexibility index (Phi) is 3.83. The van der Waals surface area contributed by atoms with Crippen molar-refractivity contribution in [2.45, 2.75) is 13.5 Å². The van der Waals surface area contributed by atoms with Crippen molar-refractivity contribution in [1.82, 2.24) is 15.5 Å². The summed E-state index contributed by atoms with van der Waals surface area (Å²) in [5, 5.41) is 7.07. The number of aromatic nitrogens is 2. The molecular weight excluding hydrogens is 256 g/mol. The number of aryl methyl sites for hydroxylation is 1. The number of anilines is 1. The fourth-order valence-electron chi connectivity index (χ4n) is 2.22. The number of nitrogens with one attached hydrogen (secondary N) is 1. The third-order valence-electron chi connectivity index (χ3n) is 3.25. The van der Waals surface area contributed by atoms with Gasteiger partial charge in [0, 0.05) is 31.9 Å². The van der Waals surface area contributed by atoms with Gasteiger partial charge in [-0.25, -0.2) is 0 Å². The molecule has 1 aliphatic rings. The van der Waals surface area contributed by atoms with Gasteiger partial charge in [-0.2, -0.15) is 4.98 Å². The molecule has 0 bridgehead atoms. The number of benzene rings is 1. The summed E-state index contributed by atoms with van der Waals surface area (Å²) in [6, 6.07) is 8.11. The fourth-order valence-corrected chi connectivity index (χ4v) is 2.22. The van der Waals surface area contributed by atoms with Crippen molar-refractivity contribution in [3.63, 3.8) is 0 Å². The monoisotopic (exact) mass is 274 g/mol. The Hall–Kier alpha value is -2.08. The molecule has 1 fully saturated rings. The molecule has 0 aliphatic carbocycles. The first-order valence-corrected chi connectivity index (χ1v) is 6.79. The number of rotatable bonds is 4. The standard InChI is InChI=1S/C14H18N4O2/c1-11-16-14(20-17-11)10-19-13-4-2-12(3-5-13)18-8-6-15-7-9-18/h2-5,15H,6-10H2,1H3. The van der Waals surface area contributed by atoms with Crippen LogP contribution in [0.15, 0.2) is 28.8 Å². The van der Waals surface area contributed by atoms with Crippen LogP contribution < -0.4 is 15.0 Å². The quantitative estimate of drug-likeness (QED) is 0.908. The molecule has 0 amide bonds. The average molecular weight is 274 g/mol.